The summed E-state index contributed by atoms with van der Waals surface area (Å²) in [7, 11) is 0. The fraction of sp³-hybridized carbons (Fsp3) is 0.250. The maximum absolute atomic E-state index is 12.6. The molecule has 2 aromatic carbocycles. The molecule has 0 spiro atoms. The van der Waals surface area contributed by atoms with E-state index in [-0.39, 0.29) is 5.91 Å². The molecule has 3 heterocycles. The van der Waals surface area contributed by atoms with Crippen LogP contribution in [0.2, 0.25) is 5.02 Å². The second kappa shape index (κ2) is 10.2. The number of aromatic nitrogens is 4. The summed E-state index contributed by atoms with van der Waals surface area (Å²) in [4.78, 5) is 23.4. The Hall–Kier alpha value is -3.53. The molecule has 4 aromatic rings. The van der Waals surface area contributed by atoms with E-state index >= 15 is 0 Å². The minimum atomic E-state index is -0.236. The largest absolute Gasteiger partial charge is 0.379 e. The SMILES string of the molecule is O=C(NCCN1CCOCC1)c1cc(-n2ncc3cc(Nc4ccccc4Cl)ccc32)ncn1. The summed E-state index contributed by atoms with van der Waals surface area (Å²) in [6, 6.07) is 15.1. The van der Waals surface area contributed by atoms with E-state index in [1.807, 2.05) is 42.5 Å². The van der Waals surface area contributed by atoms with Crippen LogP contribution in [0.5, 0.6) is 0 Å². The van der Waals surface area contributed by atoms with Gasteiger partial charge < -0.3 is 15.4 Å². The molecule has 10 heteroatoms. The van der Waals surface area contributed by atoms with Gasteiger partial charge in [0.2, 0.25) is 0 Å². The molecule has 0 radical (unpaired) electrons. The Morgan fingerprint density at radius 1 is 1.09 bits per heavy atom. The molecule has 5 rings (SSSR count). The van der Waals surface area contributed by atoms with Crippen LogP contribution in [0.15, 0.2) is 61.1 Å². The number of hydrogen-bond acceptors (Lipinski definition) is 7. The van der Waals surface area contributed by atoms with E-state index in [9.17, 15) is 4.79 Å². The first-order valence-electron chi connectivity index (χ1n) is 11.1. The Balaban J connectivity index is 1.29. The zero-order valence-corrected chi connectivity index (χ0v) is 19.2. The molecule has 2 N–H and O–H groups in total. The summed E-state index contributed by atoms with van der Waals surface area (Å²) >= 11 is 6.25. The number of morpholine rings is 1. The molecule has 1 fully saturated rings. The quantitative estimate of drug-likeness (QED) is 0.421. The van der Waals surface area contributed by atoms with Gasteiger partial charge in [0.25, 0.3) is 5.91 Å². The van der Waals surface area contributed by atoms with Crippen molar-refractivity contribution in [2.24, 2.45) is 0 Å². The van der Waals surface area contributed by atoms with Gasteiger partial charge >= 0.3 is 0 Å². The van der Waals surface area contributed by atoms with E-state index in [4.69, 9.17) is 16.3 Å². The summed E-state index contributed by atoms with van der Waals surface area (Å²) < 4.78 is 7.05. The van der Waals surface area contributed by atoms with Crippen molar-refractivity contribution in [3.8, 4) is 5.82 Å². The standard InChI is InChI=1S/C24H24ClN7O2/c25-19-3-1-2-4-20(19)30-18-5-6-22-17(13-18)15-29-32(22)23-14-21(27-16-28-23)24(33)26-7-8-31-9-11-34-12-10-31/h1-6,13-16,30H,7-12H2,(H,26,33). The molecular formula is C24H24ClN7O2. The first-order chi connectivity index (χ1) is 16.7. The molecule has 34 heavy (non-hydrogen) atoms. The van der Waals surface area contributed by atoms with Gasteiger partial charge in [0.1, 0.15) is 12.0 Å². The summed E-state index contributed by atoms with van der Waals surface area (Å²) in [6.45, 7) is 4.56. The number of hydrogen-bond donors (Lipinski definition) is 2. The van der Waals surface area contributed by atoms with E-state index in [0.717, 1.165) is 55.1 Å². The third-order valence-electron chi connectivity index (χ3n) is 5.64. The van der Waals surface area contributed by atoms with Crippen LogP contribution < -0.4 is 10.6 Å². The molecule has 174 valence electrons. The van der Waals surface area contributed by atoms with E-state index < -0.39 is 0 Å². The van der Waals surface area contributed by atoms with Crippen molar-refractivity contribution in [3.63, 3.8) is 0 Å². The maximum Gasteiger partial charge on any atom is 0.270 e. The van der Waals surface area contributed by atoms with Crippen molar-refractivity contribution < 1.29 is 9.53 Å². The molecule has 9 nitrogen and oxygen atoms in total. The number of rotatable bonds is 7. The maximum atomic E-state index is 12.6. The van der Waals surface area contributed by atoms with Gasteiger partial charge in [-0.2, -0.15) is 5.10 Å². The van der Waals surface area contributed by atoms with Crippen molar-refractivity contribution >= 4 is 39.8 Å². The summed E-state index contributed by atoms with van der Waals surface area (Å²) in [5, 5.41) is 12.3. The third-order valence-corrected chi connectivity index (χ3v) is 5.97. The Bertz CT molecular complexity index is 1300. The van der Waals surface area contributed by atoms with Crippen molar-refractivity contribution in [1.82, 2.24) is 30.0 Å². The summed E-state index contributed by atoms with van der Waals surface area (Å²) in [5.74, 6) is 0.287. The fourth-order valence-electron chi connectivity index (χ4n) is 3.84. The monoisotopic (exact) mass is 477 g/mol. The van der Waals surface area contributed by atoms with Crippen LogP contribution in [0.4, 0.5) is 11.4 Å². The van der Waals surface area contributed by atoms with Gasteiger partial charge in [0.05, 0.1) is 35.6 Å². The zero-order chi connectivity index (χ0) is 23.3. The summed E-state index contributed by atoms with van der Waals surface area (Å²) in [6.07, 6.45) is 3.14. The molecular weight excluding hydrogens is 454 g/mol. The van der Waals surface area contributed by atoms with Crippen molar-refractivity contribution in [1.29, 1.82) is 0 Å². The van der Waals surface area contributed by atoms with E-state index in [2.05, 4.69) is 30.6 Å². The van der Waals surface area contributed by atoms with Crippen molar-refractivity contribution in [2.75, 3.05) is 44.7 Å². The van der Waals surface area contributed by atoms with Gasteiger partial charge in [-0.3, -0.25) is 9.69 Å². The predicted molar refractivity (Wildman–Crippen MR) is 131 cm³/mol. The average Bonchev–Trinajstić information content (AvgIpc) is 3.29. The third kappa shape index (κ3) is 5.01. The van der Waals surface area contributed by atoms with E-state index in [0.29, 0.717) is 23.1 Å². The number of nitrogens with one attached hydrogen (secondary N) is 2. The topological polar surface area (TPSA) is 97.2 Å². The molecule has 1 aliphatic heterocycles. The molecule has 0 unspecified atom stereocenters. The minimum Gasteiger partial charge on any atom is -0.379 e. The fourth-order valence-corrected chi connectivity index (χ4v) is 4.02. The van der Waals surface area contributed by atoms with Gasteiger partial charge in [-0.05, 0) is 30.3 Å². The van der Waals surface area contributed by atoms with Gasteiger partial charge in [-0.1, -0.05) is 23.7 Å². The number of halogens is 1. The van der Waals surface area contributed by atoms with Gasteiger partial charge in [0.15, 0.2) is 5.82 Å². The van der Waals surface area contributed by atoms with Crippen LogP contribution in [0.25, 0.3) is 16.7 Å². The Labute approximate surface area is 201 Å². The number of ether oxygens (including phenoxy) is 1. The predicted octanol–water partition coefficient (Wildman–Crippen LogP) is 3.27. The second-order valence-electron chi connectivity index (χ2n) is 7.91. The first-order valence-corrected chi connectivity index (χ1v) is 11.5. The molecule has 1 amide bonds. The first kappa shape index (κ1) is 22.3. The average molecular weight is 478 g/mol. The lowest BCUT2D eigenvalue weighted by atomic mass is 10.2. The highest BCUT2D eigenvalue weighted by atomic mass is 35.5. The molecule has 0 aliphatic carbocycles. The summed E-state index contributed by atoms with van der Waals surface area (Å²) in [5.41, 5.74) is 2.88. The van der Waals surface area contributed by atoms with Gasteiger partial charge in [0, 0.05) is 43.3 Å². The molecule has 2 aromatic heterocycles. The number of para-hydroxylation sites is 1. The molecule has 1 saturated heterocycles. The Morgan fingerprint density at radius 2 is 1.94 bits per heavy atom. The molecule has 1 aliphatic rings. The highest BCUT2D eigenvalue weighted by Gasteiger charge is 2.14. The normalized spacial score (nSPS) is 14.3. The number of carbonyl (C=O) groups excluding carboxylic acids is 1. The number of amides is 1. The van der Waals surface area contributed by atoms with Crippen LogP contribution in [0.1, 0.15) is 10.5 Å². The number of nitrogens with zero attached hydrogens (tertiary/aromatic N) is 5. The highest BCUT2D eigenvalue weighted by Crippen LogP contribution is 2.27. The van der Waals surface area contributed by atoms with Gasteiger partial charge in [-0.25, -0.2) is 14.6 Å². The minimum absolute atomic E-state index is 0.236. The number of fused-ring (bicyclic) bond motifs is 1. The van der Waals surface area contributed by atoms with Crippen molar-refractivity contribution in [3.05, 3.63) is 71.8 Å². The lowest BCUT2D eigenvalue weighted by Gasteiger charge is -2.26. The lowest BCUT2D eigenvalue weighted by molar-refractivity contribution is 0.0383. The van der Waals surface area contributed by atoms with Crippen LogP contribution in [-0.4, -0.2) is 69.9 Å². The number of carbonyl (C=O) groups is 1. The number of anilines is 2. The smallest absolute Gasteiger partial charge is 0.270 e. The second-order valence-corrected chi connectivity index (χ2v) is 8.31. The lowest BCUT2D eigenvalue weighted by Crippen LogP contribution is -2.41. The molecule has 0 atom stereocenters. The van der Waals surface area contributed by atoms with Crippen LogP contribution >= 0.6 is 11.6 Å². The van der Waals surface area contributed by atoms with Crippen LogP contribution in [0, 0.1) is 0 Å². The number of benzene rings is 2. The van der Waals surface area contributed by atoms with Gasteiger partial charge in [-0.15, -0.1) is 0 Å². The molecule has 0 bridgehead atoms. The van der Waals surface area contributed by atoms with E-state index in [1.165, 1.54) is 6.33 Å². The molecule has 0 saturated carbocycles. The Morgan fingerprint density at radius 3 is 2.79 bits per heavy atom. The van der Waals surface area contributed by atoms with Crippen molar-refractivity contribution in [2.45, 2.75) is 0 Å². The van der Waals surface area contributed by atoms with Crippen LogP contribution in [-0.2, 0) is 4.74 Å². The zero-order valence-electron chi connectivity index (χ0n) is 18.4. The highest BCUT2D eigenvalue weighted by molar-refractivity contribution is 6.33. The van der Waals surface area contributed by atoms with Crippen LogP contribution in [0.3, 0.4) is 0 Å². The Kier molecular flexibility index (Phi) is 6.66. The van der Waals surface area contributed by atoms with E-state index in [1.54, 1.807) is 16.9 Å².